The number of ether oxygens (including phenoxy) is 1. The molecule has 0 saturated carbocycles. The molecule has 0 radical (unpaired) electrons. The number of anilines is 1. The van der Waals surface area contributed by atoms with Gasteiger partial charge in [0.15, 0.2) is 0 Å². The number of aryl methyl sites for hydroxylation is 1. The zero-order valence-corrected chi connectivity index (χ0v) is 15.9. The highest BCUT2D eigenvalue weighted by Gasteiger charge is 2.19. The van der Waals surface area contributed by atoms with Gasteiger partial charge in [0.25, 0.3) is 5.91 Å². The number of benzene rings is 1. The van der Waals surface area contributed by atoms with Gasteiger partial charge in [-0.3, -0.25) is 14.4 Å². The molecule has 1 saturated heterocycles. The minimum absolute atomic E-state index is 0.158. The Morgan fingerprint density at radius 1 is 1.23 bits per heavy atom. The third kappa shape index (κ3) is 4.47. The first kappa shape index (κ1) is 18.5. The summed E-state index contributed by atoms with van der Waals surface area (Å²) < 4.78 is 6.70. The van der Waals surface area contributed by atoms with E-state index in [1.807, 2.05) is 12.1 Å². The van der Waals surface area contributed by atoms with Crippen molar-refractivity contribution in [3.8, 4) is 5.88 Å². The first-order valence-electron chi connectivity index (χ1n) is 8.65. The van der Waals surface area contributed by atoms with Gasteiger partial charge in [-0.25, -0.2) is 0 Å². The van der Waals surface area contributed by atoms with Crippen molar-refractivity contribution in [2.45, 2.75) is 0 Å². The van der Waals surface area contributed by atoms with Gasteiger partial charge < -0.3 is 15.0 Å². The lowest BCUT2D eigenvalue weighted by Crippen LogP contribution is -2.48. The number of carbonyl (C=O) groups is 1. The van der Waals surface area contributed by atoms with Crippen LogP contribution in [0.25, 0.3) is 0 Å². The molecule has 7 nitrogen and oxygen atoms in total. The Morgan fingerprint density at radius 2 is 1.92 bits per heavy atom. The highest BCUT2D eigenvalue weighted by atomic mass is 35.5. The zero-order valence-electron chi connectivity index (χ0n) is 15.1. The van der Waals surface area contributed by atoms with Crippen molar-refractivity contribution in [2.24, 2.45) is 7.05 Å². The molecule has 3 rings (SSSR count). The molecule has 1 N–H and O–H groups in total. The summed E-state index contributed by atoms with van der Waals surface area (Å²) in [4.78, 5) is 17.0. The molecule has 0 spiro atoms. The molecule has 0 bridgehead atoms. The number of methoxy groups -OCH3 is 1. The molecule has 8 heteroatoms. The Hall–Kier alpha value is -2.25. The Bertz CT molecular complexity index is 739. The summed E-state index contributed by atoms with van der Waals surface area (Å²) in [7, 11) is 3.28. The van der Waals surface area contributed by atoms with Gasteiger partial charge in [0, 0.05) is 63.2 Å². The van der Waals surface area contributed by atoms with Crippen LogP contribution in [0.1, 0.15) is 10.4 Å². The second-order valence-electron chi connectivity index (χ2n) is 6.29. The summed E-state index contributed by atoms with van der Waals surface area (Å²) in [6.07, 6.45) is 1.67. The highest BCUT2D eigenvalue weighted by molar-refractivity contribution is 6.30. The number of carbonyl (C=O) groups excluding carboxylic acids is 1. The number of amides is 1. The maximum Gasteiger partial charge on any atom is 0.258 e. The van der Waals surface area contributed by atoms with Gasteiger partial charge >= 0.3 is 0 Å². The zero-order chi connectivity index (χ0) is 18.5. The lowest BCUT2D eigenvalue weighted by Gasteiger charge is -2.36. The summed E-state index contributed by atoms with van der Waals surface area (Å²) in [5.41, 5.74) is 1.66. The van der Waals surface area contributed by atoms with Gasteiger partial charge in [0.2, 0.25) is 5.88 Å². The minimum atomic E-state index is -0.158. The van der Waals surface area contributed by atoms with E-state index >= 15 is 0 Å². The first-order valence-corrected chi connectivity index (χ1v) is 9.03. The Morgan fingerprint density at radius 3 is 2.58 bits per heavy atom. The molecular formula is C18H24ClN5O2. The molecule has 1 aliphatic rings. The maximum atomic E-state index is 12.3. The summed E-state index contributed by atoms with van der Waals surface area (Å²) in [6.45, 7) is 5.28. The Balaban J connectivity index is 1.42. The number of hydrogen-bond acceptors (Lipinski definition) is 5. The topological polar surface area (TPSA) is 62.6 Å². The van der Waals surface area contributed by atoms with E-state index in [9.17, 15) is 4.79 Å². The minimum Gasteiger partial charge on any atom is -0.479 e. The third-order valence-electron chi connectivity index (χ3n) is 4.51. The van der Waals surface area contributed by atoms with Gasteiger partial charge in [-0.15, -0.1) is 5.10 Å². The molecular weight excluding hydrogens is 354 g/mol. The largest absolute Gasteiger partial charge is 0.479 e. The van der Waals surface area contributed by atoms with Crippen LogP contribution < -0.4 is 15.0 Å². The van der Waals surface area contributed by atoms with Crippen molar-refractivity contribution >= 4 is 23.2 Å². The molecule has 1 amide bonds. The molecule has 26 heavy (non-hydrogen) atoms. The van der Waals surface area contributed by atoms with E-state index in [0.717, 1.165) is 37.7 Å². The number of nitrogens with one attached hydrogen (secondary N) is 1. The van der Waals surface area contributed by atoms with Crippen molar-refractivity contribution in [3.05, 3.63) is 41.0 Å². The molecule has 1 aromatic carbocycles. The third-order valence-corrected chi connectivity index (χ3v) is 4.76. The van der Waals surface area contributed by atoms with Crippen LogP contribution in [0, 0.1) is 0 Å². The molecule has 0 aliphatic carbocycles. The number of piperazine rings is 1. The predicted molar refractivity (Wildman–Crippen MR) is 102 cm³/mol. The number of nitrogens with zero attached hydrogens (tertiary/aromatic N) is 4. The lowest BCUT2D eigenvalue weighted by atomic mass is 10.2. The molecule has 1 aromatic heterocycles. The number of hydrogen-bond donors (Lipinski definition) is 1. The van der Waals surface area contributed by atoms with Crippen molar-refractivity contribution < 1.29 is 9.53 Å². The number of aromatic nitrogens is 2. The van der Waals surface area contributed by atoms with Crippen LogP contribution in [0.2, 0.25) is 5.02 Å². The second-order valence-corrected chi connectivity index (χ2v) is 6.72. The molecule has 1 aliphatic heterocycles. The fourth-order valence-electron chi connectivity index (χ4n) is 3.08. The van der Waals surface area contributed by atoms with Crippen LogP contribution in [0.15, 0.2) is 30.5 Å². The van der Waals surface area contributed by atoms with E-state index in [1.54, 1.807) is 17.9 Å². The van der Waals surface area contributed by atoms with Crippen LogP contribution in [0.5, 0.6) is 5.88 Å². The Kier molecular flexibility index (Phi) is 6.00. The van der Waals surface area contributed by atoms with Crippen molar-refractivity contribution in [1.82, 2.24) is 20.0 Å². The summed E-state index contributed by atoms with van der Waals surface area (Å²) in [5, 5.41) is 7.80. The predicted octanol–water partition coefficient (Wildman–Crippen LogP) is 1.63. The van der Waals surface area contributed by atoms with E-state index in [2.05, 4.69) is 32.3 Å². The average Bonchev–Trinajstić information content (AvgIpc) is 3.04. The quantitative estimate of drug-likeness (QED) is 0.829. The monoisotopic (exact) mass is 377 g/mol. The van der Waals surface area contributed by atoms with Crippen LogP contribution >= 0.6 is 11.6 Å². The first-order chi connectivity index (χ1) is 12.6. The summed E-state index contributed by atoms with van der Waals surface area (Å²) in [5.74, 6) is 0.191. The lowest BCUT2D eigenvalue weighted by molar-refractivity contribution is 0.0944. The van der Waals surface area contributed by atoms with Crippen molar-refractivity contribution in [1.29, 1.82) is 0 Å². The fraction of sp³-hybridized carbons (Fsp3) is 0.444. The van der Waals surface area contributed by atoms with Crippen LogP contribution in [-0.2, 0) is 7.05 Å². The fourth-order valence-corrected chi connectivity index (χ4v) is 3.20. The van der Waals surface area contributed by atoms with Gasteiger partial charge in [-0.2, -0.15) is 0 Å². The average molecular weight is 378 g/mol. The van der Waals surface area contributed by atoms with E-state index in [-0.39, 0.29) is 5.91 Å². The molecule has 2 aromatic rings. The molecule has 1 fully saturated rings. The molecule has 0 atom stereocenters. The molecule has 2 heterocycles. The standard InChI is InChI=1S/C18H24ClN5O2/c1-22-13-16(18(21-22)26-2)17(25)20-7-8-23-9-11-24(12-10-23)15-5-3-14(19)4-6-15/h3-6,13H,7-12H2,1-2H3,(H,20,25). The van der Waals surface area contributed by atoms with Crippen LogP contribution in [0.4, 0.5) is 5.69 Å². The van der Waals surface area contributed by atoms with E-state index in [1.165, 1.54) is 12.8 Å². The Labute approximate surface area is 158 Å². The van der Waals surface area contributed by atoms with E-state index in [4.69, 9.17) is 16.3 Å². The summed E-state index contributed by atoms with van der Waals surface area (Å²) >= 11 is 5.95. The van der Waals surface area contributed by atoms with Crippen molar-refractivity contribution in [2.75, 3.05) is 51.3 Å². The van der Waals surface area contributed by atoms with Crippen LogP contribution in [-0.4, -0.2) is 67.0 Å². The van der Waals surface area contributed by atoms with Gasteiger partial charge in [0.05, 0.1) is 7.11 Å². The molecule has 140 valence electrons. The SMILES string of the molecule is COc1nn(C)cc1C(=O)NCCN1CCN(c2ccc(Cl)cc2)CC1. The van der Waals surface area contributed by atoms with Gasteiger partial charge in [-0.05, 0) is 24.3 Å². The van der Waals surface area contributed by atoms with Crippen LogP contribution in [0.3, 0.4) is 0 Å². The smallest absolute Gasteiger partial charge is 0.258 e. The van der Waals surface area contributed by atoms with Crippen molar-refractivity contribution in [3.63, 3.8) is 0 Å². The second kappa shape index (κ2) is 8.42. The number of halogens is 1. The van der Waals surface area contributed by atoms with E-state index < -0.39 is 0 Å². The normalized spacial score (nSPS) is 15.1. The highest BCUT2D eigenvalue weighted by Crippen LogP contribution is 2.19. The van der Waals surface area contributed by atoms with Gasteiger partial charge in [0.1, 0.15) is 5.56 Å². The number of rotatable bonds is 6. The summed E-state index contributed by atoms with van der Waals surface area (Å²) in [6, 6.07) is 7.95. The van der Waals surface area contributed by atoms with E-state index in [0.29, 0.717) is 18.0 Å². The maximum absolute atomic E-state index is 12.3. The van der Waals surface area contributed by atoms with Gasteiger partial charge in [-0.1, -0.05) is 11.6 Å². The molecule has 0 unspecified atom stereocenters.